The van der Waals surface area contributed by atoms with Crippen molar-refractivity contribution in [3.63, 3.8) is 0 Å². The summed E-state index contributed by atoms with van der Waals surface area (Å²) in [6, 6.07) is 0. The average Bonchev–Trinajstić information content (AvgIpc) is 1.96. The Kier molecular flexibility index (Phi) is 4.51. The molecule has 3 N–H and O–H groups in total. The number of carbonyl (C=O) groups is 1. The van der Waals surface area contributed by atoms with Crippen LogP contribution in [0.2, 0.25) is 0 Å². The first-order chi connectivity index (χ1) is 6.16. The molecule has 0 saturated heterocycles. The molecule has 0 spiro atoms. The van der Waals surface area contributed by atoms with E-state index in [4.69, 9.17) is 10.5 Å². The molecule has 0 aliphatic heterocycles. The topological polar surface area (TPSA) is 87.4 Å². The van der Waals surface area contributed by atoms with Crippen LogP contribution < -0.4 is 11.2 Å². The summed E-state index contributed by atoms with van der Waals surface area (Å²) in [5.74, 6) is -0.531. The van der Waals surface area contributed by atoms with Crippen molar-refractivity contribution >= 4 is 5.91 Å². The van der Waals surface area contributed by atoms with Gasteiger partial charge in [-0.05, 0) is 34.1 Å². The van der Waals surface area contributed by atoms with Crippen molar-refractivity contribution in [2.45, 2.75) is 51.9 Å². The first-order valence-corrected chi connectivity index (χ1v) is 4.56. The van der Waals surface area contributed by atoms with Crippen LogP contribution in [0.5, 0.6) is 0 Å². The molecule has 14 heavy (non-hydrogen) atoms. The van der Waals surface area contributed by atoms with Gasteiger partial charge in [-0.1, -0.05) is 0 Å². The summed E-state index contributed by atoms with van der Waals surface area (Å²) in [7, 11) is 0. The maximum atomic E-state index is 10.7. The fourth-order valence-corrected chi connectivity index (χ4v) is 1.23. The molecule has 0 heterocycles. The number of amides is 1. The fraction of sp³-hybridized carbons (Fsp3) is 0.889. The van der Waals surface area contributed by atoms with Gasteiger partial charge in [0.05, 0.1) is 5.60 Å². The van der Waals surface area contributed by atoms with Gasteiger partial charge in [-0.2, -0.15) is 0 Å². The number of rotatable bonds is 5. The molecule has 0 radical (unpaired) electrons. The van der Waals surface area contributed by atoms with Crippen LogP contribution in [0.25, 0.3) is 0 Å². The lowest BCUT2D eigenvalue weighted by molar-refractivity contribution is -0.133. The monoisotopic (exact) mass is 203 g/mol. The van der Waals surface area contributed by atoms with E-state index in [1.165, 1.54) is 5.48 Å². The minimum Gasteiger partial charge on any atom is -0.759 e. The molecule has 1 amide bonds. The molecule has 84 valence electrons. The Hall–Kier alpha value is -0.650. The summed E-state index contributed by atoms with van der Waals surface area (Å²) >= 11 is 0. The van der Waals surface area contributed by atoms with Crippen LogP contribution in [0.4, 0.5) is 0 Å². The highest BCUT2D eigenvalue weighted by molar-refractivity contribution is 5.76. The van der Waals surface area contributed by atoms with Crippen LogP contribution in [0.3, 0.4) is 0 Å². The van der Waals surface area contributed by atoms with E-state index in [9.17, 15) is 10.0 Å². The minimum atomic E-state index is -0.739. The van der Waals surface area contributed by atoms with E-state index in [1.54, 1.807) is 13.8 Å². The Morgan fingerprint density at radius 1 is 1.43 bits per heavy atom. The van der Waals surface area contributed by atoms with Crippen molar-refractivity contribution in [2.24, 2.45) is 5.73 Å². The zero-order valence-corrected chi connectivity index (χ0v) is 9.22. The summed E-state index contributed by atoms with van der Waals surface area (Å²) in [4.78, 5) is 10.7. The number of nitrogens with one attached hydrogen (secondary N) is 1. The standard InChI is InChI=1S/C9H19N2O3/c1-8(2,14-9(3,4)10)6-5-7(12)11-13/h5-6,10H2,1-4H3,(H-,11,12,13)/q-1. The summed E-state index contributed by atoms with van der Waals surface area (Å²) < 4.78 is 5.52. The van der Waals surface area contributed by atoms with E-state index in [0.29, 0.717) is 6.42 Å². The van der Waals surface area contributed by atoms with Crippen LogP contribution >= 0.6 is 0 Å². The van der Waals surface area contributed by atoms with E-state index in [1.807, 2.05) is 13.8 Å². The van der Waals surface area contributed by atoms with Gasteiger partial charge in [0.15, 0.2) is 0 Å². The predicted octanol–water partition coefficient (Wildman–Crippen LogP) is 0.871. The third-order valence-electron chi connectivity index (χ3n) is 1.61. The van der Waals surface area contributed by atoms with Gasteiger partial charge in [0.1, 0.15) is 5.72 Å². The van der Waals surface area contributed by atoms with Gasteiger partial charge < -0.3 is 21.2 Å². The molecule has 0 bridgehead atoms. The summed E-state index contributed by atoms with van der Waals surface area (Å²) in [6.07, 6.45) is 0.605. The van der Waals surface area contributed by atoms with E-state index in [-0.39, 0.29) is 6.42 Å². The van der Waals surface area contributed by atoms with E-state index < -0.39 is 17.2 Å². The molecule has 0 aliphatic rings. The zero-order chi connectivity index (χ0) is 11.4. The van der Waals surface area contributed by atoms with Crippen LogP contribution in [0.15, 0.2) is 0 Å². The number of carbonyl (C=O) groups excluding carboxylic acids is 1. The Morgan fingerprint density at radius 2 is 1.93 bits per heavy atom. The second-order valence-corrected chi connectivity index (χ2v) is 4.49. The first-order valence-electron chi connectivity index (χ1n) is 4.56. The van der Waals surface area contributed by atoms with Gasteiger partial charge in [0, 0.05) is 6.42 Å². The molecule has 0 aliphatic carbocycles. The molecule has 0 fully saturated rings. The van der Waals surface area contributed by atoms with Gasteiger partial charge in [-0.15, -0.1) is 0 Å². The second kappa shape index (κ2) is 4.72. The molecule has 5 heteroatoms. The van der Waals surface area contributed by atoms with Gasteiger partial charge in [-0.3, -0.25) is 4.79 Å². The summed E-state index contributed by atoms with van der Waals surface area (Å²) in [5, 5.41) is 9.97. The highest BCUT2D eigenvalue weighted by Gasteiger charge is 2.26. The van der Waals surface area contributed by atoms with E-state index >= 15 is 0 Å². The molecule has 0 aromatic heterocycles. The van der Waals surface area contributed by atoms with Crippen molar-refractivity contribution in [3.05, 3.63) is 5.21 Å². The van der Waals surface area contributed by atoms with Crippen molar-refractivity contribution in [3.8, 4) is 0 Å². The Labute approximate surface area is 84.6 Å². The highest BCUT2D eigenvalue weighted by Crippen LogP contribution is 2.21. The van der Waals surface area contributed by atoms with Crippen molar-refractivity contribution in [2.75, 3.05) is 0 Å². The lowest BCUT2D eigenvalue weighted by atomic mass is 10.0. The second-order valence-electron chi connectivity index (χ2n) is 4.49. The largest absolute Gasteiger partial charge is 0.759 e. The highest BCUT2D eigenvalue weighted by atomic mass is 16.5. The zero-order valence-electron chi connectivity index (χ0n) is 9.22. The van der Waals surface area contributed by atoms with Gasteiger partial charge in [0.2, 0.25) is 5.91 Å². The van der Waals surface area contributed by atoms with Gasteiger partial charge in [-0.25, -0.2) is 0 Å². The summed E-state index contributed by atoms with van der Waals surface area (Å²) in [5.41, 5.74) is 5.75. The lowest BCUT2D eigenvalue weighted by Gasteiger charge is -2.33. The average molecular weight is 203 g/mol. The molecular formula is C9H19N2O3-. The Balaban J connectivity index is 4.01. The minimum absolute atomic E-state index is 0.145. The van der Waals surface area contributed by atoms with Crippen LogP contribution in [0.1, 0.15) is 40.5 Å². The van der Waals surface area contributed by atoms with Gasteiger partial charge in [0.25, 0.3) is 0 Å². The number of hydroxylamine groups is 1. The molecule has 5 nitrogen and oxygen atoms in total. The molecule has 0 unspecified atom stereocenters. The normalized spacial score (nSPS) is 12.7. The van der Waals surface area contributed by atoms with Crippen LogP contribution in [-0.2, 0) is 9.53 Å². The van der Waals surface area contributed by atoms with Crippen LogP contribution in [-0.4, -0.2) is 17.2 Å². The molecule has 0 aromatic rings. The van der Waals surface area contributed by atoms with E-state index in [0.717, 1.165) is 0 Å². The number of ether oxygens (including phenoxy) is 1. The molecule has 0 saturated carbocycles. The smallest absolute Gasteiger partial charge is 0.209 e. The maximum absolute atomic E-state index is 10.7. The third-order valence-corrected chi connectivity index (χ3v) is 1.61. The molecule has 0 atom stereocenters. The quantitative estimate of drug-likeness (QED) is 0.512. The van der Waals surface area contributed by atoms with Crippen molar-refractivity contribution < 1.29 is 9.53 Å². The number of nitrogens with two attached hydrogens (primary N) is 1. The Morgan fingerprint density at radius 3 is 2.29 bits per heavy atom. The van der Waals surface area contributed by atoms with Crippen LogP contribution in [0, 0.1) is 5.21 Å². The first kappa shape index (κ1) is 13.4. The number of hydrogen-bond acceptors (Lipinski definition) is 4. The Bertz CT molecular complexity index is 197. The third kappa shape index (κ3) is 6.82. The summed E-state index contributed by atoms with van der Waals surface area (Å²) in [6.45, 7) is 7.14. The predicted molar refractivity (Wildman–Crippen MR) is 54.2 cm³/mol. The number of hydrogen-bond donors (Lipinski definition) is 2. The SMILES string of the molecule is CC(C)(N)OC(C)(C)CCC(=O)N[O-]. The molecule has 0 aromatic carbocycles. The molecule has 0 rings (SSSR count). The van der Waals surface area contributed by atoms with Crippen molar-refractivity contribution in [1.29, 1.82) is 0 Å². The van der Waals surface area contributed by atoms with Gasteiger partial charge >= 0.3 is 0 Å². The fourth-order valence-electron chi connectivity index (χ4n) is 1.23. The maximum Gasteiger partial charge on any atom is 0.209 e. The molecular weight excluding hydrogens is 184 g/mol. The van der Waals surface area contributed by atoms with Crippen molar-refractivity contribution in [1.82, 2.24) is 5.48 Å². The lowest BCUT2D eigenvalue weighted by Crippen LogP contribution is -2.44. The van der Waals surface area contributed by atoms with E-state index in [2.05, 4.69) is 0 Å².